The number of halogens is 1. The smallest absolute Gasteiger partial charge is 0.171 e. The van der Waals surface area contributed by atoms with Crippen LogP contribution in [-0.4, -0.2) is 14.7 Å². The molecule has 2 aromatic carbocycles. The van der Waals surface area contributed by atoms with Crippen molar-refractivity contribution in [3.63, 3.8) is 0 Å². The second-order valence-electron chi connectivity index (χ2n) is 4.92. The highest BCUT2D eigenvalue weighted by Gasteiger charge is 2.02. The number of anilines is 1. The lowest BCUT2D eigenvalue weighted by Gasteiger charge is -2.12. The summed E-state index contributed by atoms with van der Waals surface area (Å²) in [5, 5.41) is 7.44. The first-order chi connectivity index (χ1) is 11.2. The van der Waals surface area contributed by atoms with E-state index in [1.807, 2.05) is 47.2 Å². The van der Waals surface area contributed by atoms with Gasteiger partial charge < -0.3 is 15.2 Å². The number of benzene rings is 2. The van der Waals surface area contributed by atoms with Crippen LogP contribution in [-0.2, 0) is 6.54 Å². The maximum Gasteiger partial charge on any atom is 0.171 e. The number of thiocarbonyl (C=S) groups is 1. The van der Waals surface area contributed by atoms with Crippen molar-refractivity contribution >= 4 is 34.6 Å². The van der Waals surface area contributed by atoms with Crippen LogP contribution in [0.5, 0.6) is 0 Å². The third-order valence-electron chi connectivity index (χ3n) is 3.31. The van der Waals surface area contributed by atoms with Crippen LogP contribution in [0.4, 0.5) is 5.69 Å². The Labute approximate surface area is 145 Å². The van der Waals surface area contributed by atoms with Gasteiger partial charge in [-0.25, -0.2) is 4.98 Å². The number of aromatic nitrogens is 2. The topological polar surface area (TPSA) is 41.9 Å². The molecule has 0 unspecified atom stereocenters. The summed E-state index contributed by atoms with van der Waals surface area (Å²) in [4.78, 5) is 4.04. The number of imidazole rings is 1. The fourth-order valence-corrected chi connectivity index (χ4v) is 2.47. The quantitative estimate of drug-likeness (QED) is 0.703. The molecule has 0 fully saturated rings. The largest absolute Gasteiger partial charge is 0.358 e. The van der Waals surface area contributed by atoms with E-state index in [0.717, 1.165) is 16.9 Å². The van der Waals surface area contributed by atoms with Crippen LogP contribution >= 0.6 is 23.8 Å². The summed E-state index contributed by atoms with van der Waals surface area (Å²) in [5.74, 6) is 0. The average Bonchev–Trinajstić information content (AvgIpc) is 3.10. The van der Waals surface area contributed by atoms with E-state index >= 15 is 0 Å². The van der Waals surface area contributed by atoms with Crippen LogP contribution in [0, 0.1) is 0 Å². The van der Waals surface area contributed by atoms with E-state index in [1.54, 1.807) is 12.5 Å². The Hall–Kier alpha value is -2.37. The van der Waals surface area contributed by atoms with Gasteiger partial charge in [0, 0.05) is 24.6 Å². The van der Waals surface area contributed by atoms with Gasteiger partial charge in [-0.2, -0.15) is 0 Å². The molecular weight excluding hydrogens is 328 g/mol. The van der Waals surface area contributed by atoms with E-state index < -0.39 is 0 Å². The number of nitrogens with one attached hydrogen (secondary N) is 2. The Bertz CT molecular complexity index is 785. The van der Waals surface area contributed by atoms with Gasteiger partial charge in [0.25, 0.3) is 0 Å². The normalized spacial score (nSPS) is 10.3. The Morgan fingerprint density at radius 3 is 2.61 bits per heavy atom. The lowest BCUT2D eigenvalue weighted by atomic mass is 10.2. The van der Waals surface area contributed by atoms with Crippen LogP contribution in [0.25, 0.3) is 5.69 Å². The molecule has 0 saturated carbocycles. The van der Waals surface area contributed by atoms with E-state index in [0.29, 0.717) is 16.7 Å². The highest BCUT2D eigenvalue weighted by molar-refractivity contribution is 7.80. The number of rotatable bonds is 4. The fraction of sp³-hybridized carbons (Fsp3) is 0.0588. The Balaban J connectivity index is 1.56. The van der Waals surface area contributed by atoms with Crippen LogP contribution in [0.2, 0.25) is 5.02 Å². The predicted molar refractivity (Wildman–Crippen MR) is 98.1 cm³/mol. The molecule has 0 amide bonds. The van der Waals surface area contributed by atoms with E-state index in [1.165, 1.54) is 0 Å². The van der Waals surface area contributed by atoms with Gasteiger partial charge in [0.1, 0.15) is 0 Å². The third-order valence-corrected chi connectivity index (χ3v) is 3.89. The van der Waals surface area contributed by atoms with E-state index in [-0.39, 0.29) is 0 Å². The minimum absolute atomic E-state index is 0.539. The molecule has 2 N–H and O–H groups in total. The van der Waals surface area contributed by atoms with Crippen molar-refractivity contribution in [2.45, 2.75) is 6.54 Å². The average molecular weight is 343 g/mol. The Morgan fingerprint density at radius 2 is 1.91 bits per heavy atom. The molecule has 4 nitrogen and oxygen atoms in total. The summed E-state index contributed by atoms with van der Waals surface area (Å²) in [6.07, 6.45) is 5.44. The molecule has 0 aliphatic carbocycles. The number of para-hydroxylation sites is 1. The molecule has 6 heteroatoms. The molecule has 0 aliphatic heterocycles. The number of nitrogens with zero attached hydrogens (tertiary/aromatic N) is 2. The third kappa shape index (κ3) is 4.09. The lowest BCUT2D eigenvalue weighted by Crippen LogP contribution is -2.27. The van der Waals surface area contributed by atoms with Crippen molar-refractivity contribution in [2.24, 2.45) is 0 Å². The molecular formula is C17H15ClN4S. The molecule has 0 bridgehead atoms. The SMILES string of the molecule is S=C(NCc1ccc(-n2ccnc2)cc1)Nc1ccccc1Cl. The molecule has 1 heterocycles. The first-order valence-electron chi connectivity index (χ1n) is 7.09. The maximum absolute atomic E-state index is 6.09. The molecule has 0 radical (unpaired) electrons. The molecule has 0 aliphatic rings. The first-order valence-corrected chi connectivity index (χ1v) is 7.87. The second-order valence-corrected chi connectivity index (χ2v) is 5.74. The van der Waals surface area contributed by atoms with Gasteiger partial charge in [-0.3, -0.25) is 0 Å². The van der Waals surface area contributed by atoms with Crippen LogP contribution in [0.15, 0.2) is 67.3 Å². The van der Waals surface area contributed by atoms with Gasteiger partial charge in [0.2, 0.25) is 0 Å². The van der Waals surface area contributed by atoms with Gasteiger partial charge >= 0.3 is 0 Å². The van der Waals surface area contributed by atoms with E-state index in [9.17, 15) is 0 Å². The molecule has 0 spiro atoms. The summed E-state index contributed by atoms with van der Waals surface area (Å²) in [7, 11) is 0. The van der Waals surface area contributed by atoms with Gasteiger partial charge in [-0.15, -0.1) is 0 Å². The molecule has 1 aromatic heterocycles. The molecule has 3 rings (SSSR count). The summed E-state index contributed by atoms with van der Waals surface area (Å²) in [5.41, 5.74) is 3.00. The van der Waals surface area contributed by atoms with Crippen molar-refractivity contribution in [3.8, 4) is 5.69 Å². The summed E-state index contributed by atoms with van der Waals surface area (Å²) >= 11 is 11.4. The van der Waals surface area contributed by atoms with Gasteiger partial charge in [0.15, 0.2) is 5.11 Å². The second kappa shape index (κ2) is 7.26. The predicted octanol–water partition coefficient (Wildman–Crippen LogP) is 4.01. The monoisotopic (exact) mass is 342 g/mol. The van der Waals surface area contributed by atoms with Crippen molar-refractivity contribution in [2.75, 3.05) is 5.32 Å². The van der Waals surface area contributed by atoms with Crippen LogP contribution in [0.3, 0.4) is 0 Å². The first kappa shape index (κ1) is 15.5. The van der Waals surface area contributed by atoms with Crippen LogP contribution < -0.4 is 10.6 Å². The zero-order chi connectivity index (χ0) is 16.1. The zero-order valence-corrected chi connectivity index (χ0v) is 13.8. The Kier molecular flexibility index (Phi) is 4.90. The molecule has 0 atom stereocenters. The van der Waals surface area contributed by atoms with Gasteiger partial charge in [0.05, 0.1) is 17.0 Å². The minimum atomic E-state index is 0.539. The summed E-state index contributed by atoms with van der Waals surface area (Å²) < 4.78 is 1.96. The van der Waals surface area contributed by atoms with Crippen molar-refractivity contribution in [3.05, 3.63) is 77.8 Å². The van der Waals surface area contributed by atoms with Gasteiger partial charge in [-0.05, 0) is 42.0 Å². The van der Waals surface area contributed by atoms with E-state index in [2.05, 4.69) is 27.8 Å². The highest BCUT2D eigenvalue weighted by atomic mass is 35.5. The van der Waals surface area contributed by atoms with Crippen LogP contribution in [0.1, 0.15) is 5.56 Å². The van der Waals surface area contributed by atoms with Crippen molar-refractivity contribution in [1.29, 1.82) is 0 Å². The fourth-order valence-electron chi connectivity index (χ4n) is 2.11. The standard InChI is InChI=1S/C17H15ClN4S/c18-15-3-1-2-4-16(15)21-17(23)20-11-13-5-7-14(8-6-13)22-10-9-19-12-22/h1-10,12H,11H2,(H2,20,21,23). The molecule has 23 heavy (non-hydrogen) atoms. The summed E-state index contributed by atoms with van der Waals surface area (Å²) in [6.45, 7) is 0.639. The lowest BCUT2D eigenvalue weighted by molar-refractivity contribution is 0.923. The van der Waals surface area contributed by atoms with Gasteiger partial charge in [-0.1, -0.05) is 35.9 Å². The maximum atomic E-state index is 6.09. The highest BCUT2D eigenvalue weighted by Crippen LogP contribution is 2.20. The van der Waals surface area contributed by atoms with Crippen molar-refractivity contribution in [1.82, 2.24) is 14.9 Å². The number of hydrogen-bond donors (Lipinski definition) is 2. The molecule has 0 saturated heterocycles. The minimum Gasteiger partial charge on any atom is -0.358 e. The zero-order valence-electron chi connectivity index (χ0n) is 12.2. The summed E-state index contributed by atoms with van der Waals surface area (Å²) in [6, 6.07) is 15.7. The number of hydrogen-bond acceptors (Lipinski definition) is 2. The molecule has 3 aromatic rings. The Morgan fingerprint density at radius 1 is 1.13 bits per heavy atom. The van der Waals surface area contributed by atoms with E-state index in [4.69, 9.17) is 23.8 Å². The van der Waals surface area contributed by atoms with Crippen molar-refractivity contribution < 1.29 is 0 Å². The molecule has 116 valence electrons.